The van der Waals surface area contributed by atoms with E-state index >= 15 is 0 Å². The molecule has 0 bridgehead atoms. The molecule has 0 atom stereocenters. The summed E-state index contributed by atoms with van der Waals surface area (Å²) in [4.78, 5) is 0. The predicted molar refractivity (Wildman–Crippen MR) is 119 cm³/mol. The summed E-state index contributed by atoms with van der Waals surface area (Å²) in [5.74, 6) is 0. The average Bonchev–Trinajstić information content (AvgIpc) is 2.45. The Hall–Kier alpha value is -0.140. The lowest BCUT2D eigenvalue weighted by molar-refractivity contribution is 0.351. The van der Waals surface area contributed by atoms with E-state index in [4.69, 9.17) is 46.4 Å². The molecule has 0 saturated heterocycles. The van der Waals surface area contributed by atoms with E-state index in [1.165, 1.54) is 0 Å². The molecule has 144 valence electrons. The van der Waals surface area contributed by atoms with Crippen molar-refractivity contribution in [2.45, 2.75) is 63.1 Å². The molecule has 2 rings (SSSR count). The zero-order valence-electron chi connectivity index (χ0n) is 16.4. The molecule has 0 aliphatic carbocycles. The van der Waals surface area contributed by atoms with Crippen LogP contribution in [-0.4, -0.2) is 8.67 Å². The summed E-state index contributed by atoms with van der Waals surface area (Å²) < 4.78 is -1.71. The summed E-state index contributed by atoms with van der Waals surface area (Å²) in [6.07, 6.45) is 1.15. The zero-order chi connectivity index (χ0) is 20.0. The third kappa shape index (κ3) is 4.64. The number of fused-ring (bicyclic) bond motifs is 1. The molecule has 0 radical (unpaired) electrons. The summed E-state index contributed by atoms with van der Waals surface area (Å²) in [6.45, 7) is 12.3. The minimum absolute atomic E-state index is 0.233. The monoisotopic (exact) mass is 432 g/mol. The molecule has 0 spiro atoms. The van der Waals surface area contributed by atoms with Crippen molar-refractivity contribution < 1.29 is 0 Å². The van der Waals surface area contributed by atoms with Gasteiger partial charge in [0.1, 0.15) is 8.67 Å². The van der Waals surface area contributed by atoms with Gasteiger partial charge >= 0.3 is 0 Å². The van der Waals surface area contributed by atoms with E-state index in [9.17, 15) is 0 Å². The van der Waals surface area contributed by atoms with Crippen LogP contribution in [0.1, 0.15) is 52.7 Å². The molecule has 0 amide bonds. The van der Waals surface area contributed by atoms with Gasteiger partial charge in [-0.3, -0.25) is 0 Å². The third-order valence-corrected chi connectivity index (χ3v) is 7.92. The van der Waals surface area contributed by atoms with Crippen LogP contribution in [0.4, 0.5) is 0 Å². The summed E-state index contributed by atoms with van der Waals surface area (Å²) in [7, 11) is 0. The van der Waals surface area contributed by atoms with Crippen molar-refractivity contribution in [2.24, 2.45) is 10.8 Å². The topological polar surface area (TPSA) is 0 Å². The van der Waals surface area contributed by atoms with E-state index in [0.717, 1.165) is 21.9 Å². The Kier molecular flexibility index (Phi) is 6.27. The molecule has 0 saturated carbocycles. The van der Waals surface area contributed by atoms with Crippen molar-refractivity contribution in [2.75, 3.05) is 0 Å². The maximum Gasteiger partial charge on any atom is 0.127 e. The van der Waals surface area contributed by atoms with Gasteiger partial charge in [-0.2, -0.15) is 0 Å². The molecule has 2 aromatic rings. The maximum atomic E-state index is 6.68. The van der Waals surface area contributed by atoms with Crippen LogP contribution in [0, 0.1) is 10.8 Å². The van der Waals surface area contributed by atoms with Crippen LogP contribution in [0.25, 0.3) is 10.8 Å². The van der Waals surface area contributed by atoms with Crippen LogP contribution in [0.2, 0.25) is 0 Å². The SMILES string of the molecule is CC(C)(C)C(Cl)(Cl)Cc1cccc2c(CC(Cl)(Cl)C(C)(C)C)cccc12. The maximum absolute atomic E-state index is 6.68. The predicted octanol–water partition coefficient (Wildman–Crippen LogP) is 8.36. The number of halogens is 4. The number of benzene rings is 2. The van der Waals surface area contributed by atoms with Crippen molar-refractivity contribution >= 4 is 57.2 Å². The summed E-state index contributed by atoms with van der Waals surface area (Å²) >= 11 is 26.7. The molecule has 0 N–H and O–H groups in total. The molecule has 2 aromatic carbocycles. The third-order valence-electron chi connectivity index (χ3n) is 5.12. The number of hydrogen-bond donors (Lipinski definition) is 0. The van der Waals surface area contributed by atoms with Gasteiger partial charge in [0.05, 0.1) is 0 Å². The van der Waals surface area contributed by atoms with Crippen LogP contribution in [0.15, 0.2) is 36.4 Å². The molecule has 0 aliphatic rings. The van der Waals surface area contributed by atoms with Gasteiger partial charge in [-0.1, -0.05) is 77.9 Å². The smallest absolute Gasteiger partial charge is 0.101 e. The van der Waals surface area contributed by atoms with E-state index in [1.54, 1.807) is 0 Å². The first-order chi connectivity index (χ1) is 11.7. The molecule has 4 heteroatoms. The Bertz CT molecular complexity index is 710. The summed E-state index contributed by atoms with van der Waals surface area (Å²) in [5, 5.41) is 2.30. The van der Waals surface area contributed by atoms with Gasteiger partial charge in [-0.05, 0) is 32.7 Å². The fraction of sp³-hybridized carbons (Fsp3) is 0.545. The first-order valence-electron chi connectivity index (χ1n) is 8.91. The van der Waals surface area contributed by atoms with Gasteiger partial charge in [0.15, 0.2) is 0 Å². The van der Waals surface area contributed by atoms with Crippen LogP contribution in [-0.2, 0) is 12.8 Å². The van der Waals surface area contributed by atoms with Crippen LogP contribution < -0.4 is 0 Å². The molecule has 0 heterocycles. The Labute approximate surface area is 178 Å². The fourth-order valence-corrected chi connectivity index (χ4v) is 3.33. The molecule has 0 fully saturated rings. The number of rotatable bonds is 4. The highest BCUT2D eigenvalue weighted by Gasteiger charge is 2.40. The van der Waals surface area contributed by atoms with Gasteiger partial charge in [0.2, 0.25) is 0 Å². The standard InChI is InChI=1S/C22H28Cl4/c1-19(2,3)21(23,24)13-15-9-7-12-18-16(10-8-11-17(15)18)14-22(25,26)20(4,5)6/h7-12H,13-14H2,1-6H3. The molecule has 0 aliphatic heterocycles. The van der Waals surface area contributed by atoms with Gasteiger partial charge in [-0.15, -0.1) is 46.4 Å². The van der Waals surface area contributed by atoms with E-state index in [-0.39, 0.29) is 10.8 Å². The molecule has 0 nitrogen and oxygen atoms in total. The van der Waals surface area contributed by atoms with Gasteiger partial charge in [0, 0.05) is 12.8 Å². The first kappa shape index (κ1) is 22.2. The minimum Gasteiger partial charge on any atom is -0.101 e. The van der Waals surface area contributed by atoms with Crippen molar-refractivity contribution in [3.8, 4) is 0 Å². The molecule has 0 aromatic heterocycles. The highest BCUT2D eigenvalue weighted by Crippen LogP contribution is 2.45. The minimum atomic E-state index is -0.856. The van der Waals surface area contributed by atoms with Crippen LogP contribution in [0.3, 0.4) is 0 Å². The second kappa shape index (κ2) is 7.36. The molecular formula is C22H28Cl4. The molecular weight excluding hydrogens is 406 g/mol. The average molecular weight is 434 g/mol. The summed E-state index contributed by atoms with van der Waals surface area (Å²) in [5.41, 5.74) is 1.80. The van der Waals surface area contributed by atoms with Crippen molar-refractivity contribution in [3.05, 3.63) is 47.5 Å². The first-order valence-corrected chi connectivity index (χ1v) is 10.4. The Morgan fingerprint density at radius 3 is 1.15 bits per heavy atom. The Balaban J connectivity index is 2.50. The van der Waals surface area contributed by atoms with Gasteiger partial charge in [-0.25, -0.2) is 0 Å². The van der Waals surface area contributed by atoms with E-state index in [1.807, 2.05) is 0 Å². The zero-order valence-corrected chi connectivity index (χ0v) is 19.4. The summed E-state index contributed by atoms with van der Waals surface area (Å²) in [6, 6.07) is 12.5. The highest BCUT2D eigenvalue weighted by molar-refractivity contribution is 6.49. The second-order valence-corrected chi connectivity index (χ2v) is 12.2. The molecule has 0 unspecified atom stereocenters. The quantitative estimate of drug-likeness (QED) is 0.424. The van der Waals surface area contributed by atoms with Crippen LogP contribution in [0.5, 0.6) is 0 Å². The van der Waals surface area contributed by atoms with Crippen LogP contribution >= 0.6 is 46.4 Å². The normalized spacial score (nSPS) is 14.1. The van der Waals surface area contributed by atoms with E-state index in [0.29, 0.717) is 12.8 Å². The highest BCUT2D eigenvalue weighted by atomic mass is 35.5. The van der Waals surface area contributed by atoms with Crippen molar-refractivity contribution in [1.82, 2.24) is 0 Å². The fourth-order valence-electron chi connectivity index (χ4n) is 2.76. The van der Waals surface area contributed by atoms with Gasteiger partial charge in [0.25, 0.3) is 0 Å². The second-order valence-electron chi connectivity index (χ2n) is 9.19. The van der Waals surface area contributed by atoms with Gasteiger partial charge < -0.3 is 0 Å². The lowest BCUT2D eigenvalue weighted by Crippen LogP contribution is -2.34. The Morgan fingerprint density at radius 2 is 0.885 bits per heavy atom. The lowest BCUT2D eigenvalue weighted by atomic mass is 9.84. The van der Waals surface area contributed by atoms with Crippen molar-refractivity contribution in [3.63, 3.8) is 0 Å². The van der Waals surface area contributed by atoms with E-state index in [2.05, 4.69) is 77.9 Å². The lowest BCUT2D eigenvalue weighted by Gasteiger charge is -2.35. The number of alkyl halides is 4. The molecule has 26 heavy (non-hydrogen) atoms. The van der Waals surface area contributed by atoms with E-state index < -0.39 is 8.67 Å². The largest absolute Gasteiger partial charge is 0.127 e. The van der Waals surface area contributed by atoms with Crippen molar-refractivity contribution in [1.29, 1.82) is 0 Å². The Morgan fingerprint density at radius 1 is 0.577 bits per heavy atom. The number of hydrogen-bond acceptors (Lipinski definition) is 0.